The molecule has 1 N–H and O–H groups in total. The number of hydrogen-bond donors (Lipinski definition) is 1. The van der Waals surface area contributed by atoms with Gasteiger partial charge in [-0.2, -0.15) is 0 Å². The van der Waals surface area contributed by atoms with Crippen LogP contribution in [0.5, 0.6) is 0 Å². The molecule has 0 aliphatic carbocycles. The van der Waals surface area contributed by atoms with E-state index in [1.807, 2.05) is 37.3 Å². The second kappa shape index (κ2) is 8.73. The lowest BCUT2D eigenvalue weighted by molar-refractivity contribution is -0.116. The number of carbonyl (C=O) groups excluding carboxylic acids is 2. The summed E-state index contributed by atoms with van der Waals surface area (Å²) in [6.45, 7) is 2.34. The third-order valence-electron chi connectivity index (χ3n) is 3.30. The van der Waals surface area contributed by atoms with Crippen LogP contribution in [0.1, 0.15) is 35.7 Å². The van der Waals surface area contributed by atoms with Gasteiger partial charge in [-0.1, -0.05) is 43.3 Å². The molecule has 0 aliphatic rings. The van der Waals surface area contributed by atoms with Crippen LogP contribution in [-0.2, 0) is 16.0 Å². The molecule has 0 heterocycles. The maximum Gasteiger partial charge on any atom is 0.338 e. The van der Waals surface area contributed by atoms with E-state index in [0.717, 1.165) is 12.0 Å². The lowest BCUT2D eigenvalue weighted by Crippen LogP contribution is -2.13. The fraction of sp³-hybridized carbons (Fsp3) is 0.263. The van der Waals surface area contributed by atoms with Gasteiger partial charge in [-0.15, -0.1) is 0 Å². The normalized spacial score (nSPS) is 10.1. The van der Waals surface area contributed by atoms with Crippen LogP contribution in [0.3, 0.4) is 0 Å². The van der Waals surface area contributed by atoms with Crippen LogP contribution in [0.15, 0.2) is 54.6 Å². The lowest BCUT2D eigenvalue weighted by atomic mass is 10.1. The summed E-state index contributed by atoms with van der Waals surface area (Å²) < 4.78 is 5.09. The molecule has 0 unspecified atom stereocenters. The fourth-order valence-corrected chi connectivity index (χ4v) is 2.13. The van der Waals surface area contributed by atoms with E-state index in [0.29, 0.717) is 30.7 Å². The van der Waals surface area contributed by atoms with Gasteiger partial charge in [-0.3, -0.25) is 4.79 Å². The summed E-state index contributed by atoms with van der Waals surface area (Å²) >= 11 is 0. The molecule has 0 spiro atoms. The Labute approximate surface area is 136 Å². The van der Waals surface area contributed by atoms with Gasteiger partial charge >= 0.3 is 5.97 Å². The van der Waals surface area contributed by atoms with Crippen LogP contribution in [-0.4, -0.2) is 18.5 Å². The van der Waals surface area contributed by atoms with E-state index < -0.39 is 0 Å². The standard InChI is InChI=1S/C19H21NO3/c1-2-13-23-19(22)16-9-6-10-17(14-16)20-18(21)12-11-15-7-4-3-5-8-15/h3-10,14H,2,11-13H2,1H3,(H,20,21). The van der Waals surface area contributed by atoms with Crippen molar-refractivity contribution < 1.29 is 14.3 Å². The number of amides is 1. The fourth-order valence-electron chi connectivity index (χ4n) is 2.13. The number of ether oxygens (including phenoxy) is 1. The molecule has 0 radical (unpaired) electrons. The third kappa shape index (κ3) is 5.58. The molecule has 2 aromatic rings. The van der Waals surface area contributed by atoms with Gasteiger partial charge in [0.15, 0.2) is 0 Å². The van der Waals surface area contributed by atoms with Crippen LogP contribution in [0.4, 0.5) is 5.69 Å². The number of aryl methyl sites for hydroxylation is 1. The highest BCUT2D eigenvalue weighted by Gasteiger charge is 2.09. The predicted molar refractivity (Wildman–Crippen MR) is 90.4 cm³/mol. The Kier molecular flexibility index (Phi) is 6.36. The third-order valence-corrected chi connectivity index (χ3v) is 3.30. The molecule has 120 valence electrons. The summed E-state index contributed by atoms with van der Waals surface area (Å²) in [4.78, 5) is 23.8. The molecule has 4 nitrogen and oxygen atoms in total. The van der Waals surface area contributed by atoms with E-state index in [9.17, 15) is 9.59 Å². The van der Waals surface area contributed by atoms with Crippen molar-refractivity contribution in [2.75, 3.05) is 11.9 Å². The van der Waals surface area contributed by atoms with Gasteiger partial charge in [0.1, 0.15) is 0 Å². The molecule has 0 bridgehead atoms. The summed E-state index contributed by atoms with van der Waals surface area (Å²) in [5.74, 6) is -0.444. The summed E-state index contributed by atoms with van der Waals surface area (Å²) in [7, 11) is 0. The molecule has 23 heavy (non-hydrogen) atoms. The largest absolute Gasteiger partial charge is 0.462 e. The summed E-state index contributed by atoms with van der Waals surface area (Å²) in [5, 5.41) is 2.82. The van der Waals surface area contributed by atoms with E-state index in [1.54, 1.807) is 24.3 Å². The van der Waals surface area contributed by atoms with E-state index in [4.69, 9.17) is 4.74 Å². The van der Waals surface area contributed by atoms with Crippen LogP contribution in [0.2, 0.25) is 0 Å². The Morgan fingerprint density at radius 1 is 1.04 bits per heavy atom. The zero-order valence-corrected chi connectivity index (χ0v) is 13.2. The molecule has 2 aromatic carbocycles. The number of rotatable bonds is 7. The SMILES string of the molecule is CCCOC(=O)c1cccc(NC(=O)CCc2ccccc2)c1. The van der Waals surface area contributed by atoms with Gasteiger partial charge in [0.25, 0.3) is 0 Å². The highest BCUT2D eigenvalue weighted by molar-refractivity contribution is 5.94. The number of benzene rings is 2. The summed E-state index contributed by atoms with van der Waals surface area (Å²) in [5.41, 5.74) is 2.17. The van der Waals surface area contributed by atoms with E-state index in [-0.39, 0.29) is 11.9 Å². The molecule has 0 aliphatic heterocycles. The first kappa shape index (κ1) is 16.7. The van der Waals surface area contributed by atoms with Crippen LogP contribution >= 0.6 is 0 Å². The average Bonchev–Trinajstić information content (AvgIpc) is 2.59. The molecule has 0 saturated carbocycles. The molecule has 4 heteroatoms. The monoisotopic (exact) mass is 311 g/mol. The summed E-state index contributed by atoms with van der Waals surface area (Å²) in [6, 6.07) is 16.7. The van der Waals surface area contributed by atoms with Crippen molar-refractivity contribution in [3.05, 3.63) is 65.7 Å². The minimum Gasteiger partial charge on any atom is -0.462 e. The van der Waals surface area contributed by atoms with Crippen molar-refractivity contribution in [2.24, 2.45) is 0 Å². The van der Waals surface area contributed by atoms with Crippen molar-refractivity contribution in [3.63, 3.8) is 0 Å². The van der Waals surface area contributed by atoms with Crippen molar-refractivity contribution >= 4 is 17.6 Å². The number of esters is 1. The lowest BCUT2D eigenvalue weighted by Gasteiger charge is -2.08. The highest BCUT2D eigenvalue weighted by Crippen LogP contribution is 2.13. The van der Waals surface area contributed by atoms with Crippen LogP contribution in [0, 0.1) is 0 Å². The molecule has 2 rings (SSSR count). The quantitative estimate of drug-likeness (QED) is 0.791. The van der Waals surface area contributed by atoms with Crippen molar-refractivity contribution in [3.8, 4) is 0 Å². The molecular formula is C19H21NO3. The summed E-state index contributed by atoms with van der Waals surface area (Å²) in [6.07, 6.45) is 1.86. The van der Waals surface area contributed by atoms with Gasteiger partial charge in [0.05, 0.1) is 12.2 Å². The molecule has 0 atom stereocenters. The van der Waals surface area contributed by atoms with Crippen LogP contribution < -0.4 is 5.32 Å². The van der Waals surface area contributed by atoms with E-state index in [2.05, 4.69) is 5.32 Å². The topological polar surface area (TPSA) is 55.4 Å². The molecule has 0 fully saturated rings. The Morgan fingerprint density at radius 3 is 2.57 bits per heavy atom. The van der Waals surface area contributed by atoms with Crippen molar-refractivity contribution in [2.45, 2.75) is 26.2 Å². The van der Waals surface area contributed by atoms with Gasteiger partial charge in [-0.25, -0.2) is 4.79 Å². The van der Waals surface area contributed by atoms with Gasteiger partial charge in [0, 0.05) is 12.1 Å². The first-order valence-electron chi connectivity index (χ1n) is 7.80. The maximum absolute atomic E-state index is 12.0. The molecule has 0 aromatic heterocycles. The smallest absolute Gasteiger partial charge is 0.338 e. The van der Waals surface area contributed by atoms with E-state index in [1.165, 1.54) is 0 Å². The highest BCUT2D eigenvalue weighted by atomic mass is 16.5. The first-order valence-corrected chi connectivity index (χ1v) is 7.80. The average molecular weight is 311 g/mol. The Morgan fingerprint density at radius 2 is 1.83 bits per heavy atom. The Hall–Kier alpha value is -2.62. The molecular weight excluding hydrogens is 290 g/mol. The zero-order chi connectivity index (χ0) is 16.5. The number of nitrogens with one attached hydrogen (secondary N) is 1. The first-order chi connectivity index (χ1) is 11.2. The van der Waals surface area contributed by atoms with Gasteiger partial charge in [0.2, 0.25) is 5.91 Å². The van der Waals surface area contributed by atoms with Crippen LogP contribution in [0.25, 0.3) is 0 Å². The Balaban J connectivity index is 1.89. The number of carbonyl (C=O) groups is 2. The molecule has 0 saturated heterocycles. The predicted octanol–water partition coefficient (Wildman–Crippen LogP) is 3.82. The maximum atomic E-state index is 12.0. The van der Waals surface area contributed by atoms with Gasteiger partial charge in [-0.05, 0) is 36.6 Å². The van der Waals surface area contributed by atoms with Crippen molar-refractivity contribution in [1.29, 1.82) is 0 Å². The van der Waals surface area contributed by atoms with Gasteiger partial charge < -0.3 is 10.1 Å². The number of anilines is 1. The second-order valence-corrected chi connectivity index (χ2v) is 5.25. The van der Waals surface area contributed by atoms with E-state index >= 15 is 0 Å². The number of hydrogen-bond acceptors (Lipinski definition) is 3. The zero-order valence-electron chi connectivity index (χ0n) is 13.2. The second-order valence-electron chi connectivity index (χ2n) is 5.25. The van der Waals surface area contributed by atoms with Crippen molar-refractivity contribution in [1.82, 2.24) is 0 Å². The minimum absolute atomic E-state index is 0.0760. The molecule has 1 amide bonds. The minimum atomic E-state index is -0.368. The Bertz CT molecular complexity index is 653.